The Morgan fingerprint density at radius 2 is 1.85 bits per heavy atom. The summed E-state index contributed by atoms with van der Waals surface area (Å²) in [7, 11) is 1.29. The monoisotopic (exact) mass is 187 g/mol. The lowest BCUT2D eigenvalue weighted by Gasteiger charge is -2.16. The van der Waals surface area contributed by atoms with E-state index in [9.17, 15) is 9.59 Å². The molecule has 0 rings (SSSR count). The van der Waals surface area contributed by atoms with E-state index in [1.54, 1.807) is 0 Å². The van der Waals surface area contributed by atoms with E-state index in [4.69, 9.17) is 0 Å². The first-order valence-electron chi connectivity index (χ1n) is 4.18. The molecule has 13 heavy (non-hydrogen) atoms. The Labute approximate surface area is 78.6 Å². The van der Waals surface area contributed by atoms with Crippen molar-refractivity contribution in [2.45, 2.75) is 27.2 Å². The molecule has 4 nitrogen and oxygen atoms in total. The summed E-state index contributed by atoms with van der Waals surface area (Å²) < 4.78 is 4.38. The Hall–Kier alpha value is -1.06. The molecular formula is C9H17NO3. The molecule has 0 aromatic heterocycles. The SMILES string of the molecule is COC(=O)CNC(=O)CC(C)(C)C. The molecule has 76 valence electrons. The van der Waals surface area contributed by atoms with Crippen LogP contribution in [0.1, 0.15) is 27.2 Å². The van der Waals surface area contributed by atoms with Gasteiger partial charge in [0.25, 0.3) is 0 Å². The quantitative estimate of drug-likeness (QED) is 0.662. The number of esters is 1. The van der Waals surface area contributed by atoms with Crippen LogP contribution in [0.15, 0.2) is 0 Å². The Morgan fingerprint density at radius 3 is 2.23 bits per heavy atom. The number of nitrogens with one attached hydrogen (secondary N) is 1. The van der Waals surface area contributed by atoms with E-state index in [1.807, 2.05) is 20.8 Å². The number of hydrogen-bond donors (Lipinski definition) is 1. The third kappa shape index (κ3) is 7.31. The predicted molar refractivity (Wildman–Crippen MR) is 49.1 cm³/mol. The zero-order chi connectivity index (χ0) is 10.5. The van der Waals surface area contributed by atoms with Crippen LogP contribution >= 0.6 is 0 Å². The summed E-state index contributed by atoms with van der Waals surface area (Å²) in [5.41, 5.74) is -0.0554. The van der Waals surface area contributed by atoms with Gasteiger partial charge in [-0.15, -0.1) is 0 Å². The van der Waals surface area contributed by atoms with Gasteiger partial charge in [-0.2, -0.15) is 0 Å². The highest BCUT2D eigenvalue weighted by Gasteiger charge is 2.16. The number of carbonyl (C=O) groups is 2. The van der Waals surface area contributed by atoms with Crippen molar-refractivity contribution in [3.63, 3.8) is 0 Å². The number of methoxy groups -OCH3 is 1. The Kier molecular flexibility index (Phi) is 4.45. The van der Waals surface area contributed by atoms with E-state index in [2.05, 4.69) is 10.1 Å². The van der Waals surface area contributed by atoms with E-state index in [0.717, 1.165) is 0 Å². The summed E-state index contributed by atoms with van der Waals surface area (Å²) >= 11 is 0. The van der Waals surface area contributed by atoms with E-state index in [-0.39, 0.29) is 17.9 Å². The average Bonchev–Trinajstić information content (AvgIpc) is 1.97. The van der Waals surface area contributed by atoms with Gasteiger partial charge < -0.3 is 10.1 Å². The van der Waals surface area contributed by atoms with Gasteiger partial charge in [-0.05, 0) is 5.41 Å². The van der Waals surface area contributed by atoms with Crippen molar-refractivity contribution in [2.75, 3.05) is 13.7 Å². The molecular weight excluding hydrogens is 170 g/mol. The van der Waals surface area contributed by atoms with Gasteiger partial charge in [-0.25, -0.2) is 0 Å². The summed E-state index contributed by atoms with van der Waals surface area (Å²) in [6.07, 6.45) is 0.407. The first-order chi connectivity index (χ1) is 5.85. The van der Waals surface area contributed by atoms with Crippen LogP contribution in [0.5, 0.6) is 0 Å². The maximum absolute atomic E-state index is 11.2. The Bertz CT molecular complexity index is 194. The summed E-state index contributed by atoms with van der Waals surface area (Å²) in [6, 6.07) is 0. The van der Waals surface area contributed by atoms with E-state index < -0.39 is 5.97 Å². The smallest absolute Gasteiger partial charge is 0.325 e. The molecule has 4 heteroatoms. The van der Waals surface area contributed by atoms with Gasteiger partial charge >= 0.3 is 5.97 Å². The van der Waals surface area contributed by atoms with Crippen molar-refractivity contribution in [3.05, 3.63) is 0 Å². The van der Waals surface area contributed by atoms with Gasteiger partial charge in [0.1, 0.15) is 6.54 Å². The van der Waals surface area contributed by atoms with E-state index in [1.165, 1.54) is 7.11 Å². The number of carbonyl (C=O) groups excluding carboxylic acids is 2. The van der Waals surface area contributed by atoms with Crippen molar-refractivity contribution in [1.29, 1.82) is 0 Å². The highest BCUT2D eigenvalue weighted by Crippen LogP contribution is 2.17. The summed E-state index contributed by atoms with van der Waals surface area (Å²) in [4.78, 5) is 21.8. The zero-order valence-electron chi connectivity index (χ0n) is 8.64. The van der Waals surface area contributed by atoms with Crippen molar-refractivity contribution < 1.29 is 14.3 Å². The number of ether oxygens (including phenoxy) is 1. The van der Waals surface area contributed by atoms with Gasteiger partial charge in [-0.3, -0.25) is 9.59 Å². The normalized spacial score (nSPS) is 10.8. The minimum absolute atomic E-state index is 0.0502. The molecule has 1 N–H and O–H groups in total. The average molecular weight is 187 g/mol. The lowest BCUT2D eigenvalue weighted by Crippen LogP contribution is -2.32. The molecule has 0 aliphatic carbocycles. The summed E-state index contributed by atoms with van der Waals surface area (Å²) in [5.74, 6) is -0.555. The second kappa shape index (κ2) is 4.84. The highest BCUT2D eigenvalue weighted by molar-refractivity contribution is 5.82. The molecule has 0 radical (unpaired) electrons. The van der Waals surface area contributed by atoms with Crippen LogP contribution in [0.4, 0.5) is 0 Å². The van der Waals surface area contributed by atoms with Gasteiger partial charge in [0, 0.05) is 6.42 Å². The second-order valence-electron chi connectivity index (χ2n) is 4.09. The Balaban J connectivity index is 3.71. The molecule has 0 unspecified atom stereocenters. The summed E-state index contributed by atoms with van der Waals surface area (Å²) in [5, 5.41) is 2.48. The maximum atomic E-state index is 11.2. The fourth-order valence-corrected chi connectivity index (χ4v) is 0.787. The van der Waals surface area contributed by atoms with Crippen LogP contribution in [0, 0.1) is 5.41 Å². The van der Waals surface area contributed by atoms with Gasteiger partial charge in [0.2, 0.25) is 5.91 Å². The molecule has 0 saturated heterocycles. The standard InChI is InChI=1S/C9H17NO3/c1-9(2,3)5-7(11)10-6-8(12)13-4/h5-6H2,1-4H3,(H,10,11). The minimum Gasteiger partial charge on any atom is -0.468 e. The molecule has 0 atom stereocenters. The Morgan fingerprint density at radius 1 is 1.31 bits per heavy atom. The molecule has 0 bridgehead atoms. The molecule has 0 fully saturated rings. The van der Waals surface area contributed by atoms with Crippen LogP contribution in [-0.2, 0) is 14.3 Å². The van der Waals surface area contributed by atoms with Gasteiger partial charge in [0.15, 0.2) is 0 Å². The maximum Gasteiger partial charge on any atom is 0.325 e. The molecule has 0 aliphatic rings. The van der Waals surface area contributed by atoms with Crippen LogP contribution < -0.4 is 5.32 Å². The molecule has 1 amide bonds. The van der Waals surface area contributed by atoms with Crippen molar-refractivity contribution >= 4 is 11.9 Å². The van der Waals surface area contributed by atoms with Crippen LogP contribution in [0.3, 0.4) is 0 Å². The second-order valence-corrected chi connectivity index (χ2v) is 4.09. The number of hydrogen-bond acceptors (Lipinski definition) is 3. The summed E-state index contributed by atoms with van der Waals surface area (Å²) in [6.45, 7) is 5.84. The molecule has 0 spiro atoms. The topological polar surface area (TPSA) is 55.4 Å². The van der Waals surface area contributed by atoms with E-state index in [0.29, 0.717) is 6.42 Å². The van der Waals surface area contributed by atoms with Crippen molar-refractivity contribution in [3.8, 4) is 0 Å². The van der Waals surface area contributed by atoms with Crippen LogP contribution in [-0.4, -0.2) is 25.5 Å². The molecule has 0 aliphatic heterocycles. The first-order valence-corrected chi connectivity index (χ1v) is 4.18. The molecule has 0 aromatic carbocycles. The lowest BCUT2D eigenvalue weighted by molar-refractivity contribution is -0.141. The number of rotatable bonds is 3. The van der Waals surface area contributed by atoms with E-state index >= 15 is 0 Å². The molecule has 0 saturated carbocycles. The minimum atomic E-state index is -0.428. The fraction of sp³-hybridized carbons (Fsp3) is 0.778. The highest BCUT2D eigenvalue weighted by atomic mass is 16.5. The van der Waals surface area contributed by atoms with Crippen LogP contribution in [0.25, 0.3) is 0 Å². The van der Waals surface area contributed by atoms with Crippen LogP contribution in [0.2, 0.25) is 0 Å². The first kappa shape index (κ1) is 11.9. The van der Waals surface area contributed by atoms with Crippen molar-refractivity contribution in [2.24, 2.45) is 5.41 Å². The van der Waals surface area contributed by atoms with Crippen molar-refractivity contribution in [1.82, 2.24) is 5.32 Å². The third-order valence-corrected chi connectivity index (χ3v) is 1.35. The van der Waals surface area contributed by atoms with Gasteiger partial charge in [-0.1, -0.05) is 20.8 Å². The molecule has 0 aromatic rings. The zero-order valence-corrected chi connectivity index (χ0v) is 8.64. The number of amides is 1. The lowest BCUT2D eigenvalue weighted by atomic mass is 9.92. The third-order valence-electron chi connectivity index (χ3n) is 1.35. The predicted octanol–water partition coefficient (Wildman–Crippen LogP) is 0.712. The molecule has 0 heterocycles. The largest absolute Gasteiger partial charge is 0.468 e. The van der Waals surface area contributed by atoms with Gasteiger partial charge in [0.05, 0.1) is 7.11 Å². The fourth-order valence-electron chi connectivity index (χ4n) is 0.787.